The van der Waals surface area contributed by atoms with Gasteiger partial charge in [0.05, 0.1) is 40.7 Å². The van der Waals surface area contributed by atoms with Crippen molar-refractivity contribution in [2.24, 2.45) is 10.8 Å². The standard InChI is InChI=1S/C30H31F3N6O2/c1-19-7-8-21(14-24(19)25(15-34)38-37-18-40)29(11-12-29)28(41)39(17-23-10-9-22(16-36-23)30(31,32)33)26-6-2-4-20-5-3-13-35-27(20)26/h3,5,7-10,13-14,16,18,26H,2,4,6,11-12,15,17,34H2,1H3,(H,37,40)/b38-25-. The summed E-state index contributed by atoms with van der Waals surface area (Å²) in [5, 5.41) is 4.08. The normalized spacial score (nSPS) is 17.9. The number of pyridine rings is 2. The Morgan fingerprint density at radius 2 is 2.02 bits per heavy atom. The number of benzene rings is 1. The highest BCUT2D eigenvalue weighted by Crippen LogP contribution is 2.52. The van der Waals surface area contributed by atoms with Gasteiger partial charge in [0.15, 0.2) is 0 Å². The van der Waals surface area contributed by atoms with Crippen molar-refractivity contribution in [3.63, 3.8) is 0 Å². The van der Waals surface area contributed by atoms with E-state index in [1.165, 1.54) is 6.07 Å². The quantitative estimate of drug-likeness (QED) is 0.228. The number of alkyl halides is 3. The van der Waals surface area contributed by atoms with Crippen LogP contribution in [0.4, 0.5) is 13.2 Å². The number of nitrogens with one attached hydrogen (secondary N) is 1. The number of halogens is 3. The number of hydrazone groups is 1. The van der Waals surface area contributed by atoms with Gasteiger partial charge in [0.25, 0.3) is 0 Å². The van der Waals surface area contributed by atoms with Crippen LogP contribution in [0.5, 0.6) is 0 Å². The van der Waals surface area contributed by atoms with Gasteiger partial charge in [-0.1, -0.05) is 18.2 Å². The zero-order valence-corrected chi connectivity index (χ0v) is 22.6. The molecule has 0 aliphatic heterocycles. The summed E-state index contributed by atoms with van der Waals surface area (Å²) in [4.78, 5) is 35.8. The second kappa shape index (κ2) is 11.4. The largest absolute Gasteiger partial charge is 0.417 e. The minimum Gasteiger partial charge on any atom is -0.327 e. The average molecular weight is 565 g/mol. The molecule has 3 aromatic rings. The van der Waals surface area contributed by atoms with Crippen LogP contribution in [-0.2, 0) is 34.1 Å². The van der Waals surface area contributed by atoms with Gasteiger partial charge in [0, 0.05) is 24.5 Å². The lowest BCUT2D eigenvalue weighted by Gasteiger charge is -2.37. The molecule has 2 amide bonds. The SMILES string of the molecule is Cc1ccc(C2(C(=O)N(Cc3ccc(C(F)(F)F)cn3)C3CCCc4cccnc43)CC2)cc1/C(CN)=N\NC=O. The molecular formula is C30H31F3N6O2. The van der Waals surface area contributed by atoms with E-state index in [1.807, 2.05) is 37.3 Å². The first-order chi connectivity index (χ1) is 19.7. The van der Waals surface area contributed by atoms with Crippen molar-refractivity contribution in [3.8, 4) is 0 Å². The fourth-order valence-corrected chi connectivity index (χ4v) is 5.65. The average Bonchev–Trinajstić information content (AvgIpc) is 3.78. The number of rotatable bonds is 9. The first-order valence-electron chi connectivity index (χ1n) is 13.5. The van der Waals surface area contributed by atoms with Crippen molar-refractivity contribution in [2.45, 2.75) is 63.2 Å². The van der Waals surface area contributed by atoms with Crippen LogP contribution in [0, 0.1) is 6.92 Å². The lowest BCUT2D eigenvalue weighted by atomic mass is 9.87. The molecule has 41 heavy (non-hydrogen) atoms. The van der Waals surface area contributed by atoms with E-state index < -0.39 is 17.2 Å². The third-order valence-corrected chi connectivity index (χ3v) is 7.99. The summed E-state index contributed by atoms with van der Waals surface area (Å²) >= 11 is 0. The van der Waals surface area contributed by atoms with E-state index in [1.54, 1.807) is 11.1 Å². The summed E-state index contributed by atoms with van der Waals surface area (Å²) in [5.74, 6) is -0.116. The molecule has 1 atom stereocenters. The number of aromatic nitrogens is 2. The molecule has 8 nitrogen and oxygen atoms in total. The molecule has 1 unspecified atom stereocenters. The summed E-state index contributed by atoms with van der Waals surface area (Å²) in [6, 6.07) is 11.6. The van der Waals surface area contributed by atoms with E-state index in [0.717, 1.165) is 53.1 Å². The van der Waals surface area contributed by atoms with E-state index >= 15 is 0 Å². The zero-order valence-electron chi connectivity index (χ0n) is 22.6. The molecule has 5 rings (SSSR count). The van der Waals surface area contributed by atoms with Crippen LogP contribution in [0.25, 0.3) is 0 Å². The first kappa shape index (κ1) is 28.4. The molecule has 3 N–H and O–H groups in total. The van der Waals surface area contributed by atoms with Gasteiger partial charge in [-0.25, -0.2) is 5.43 Å². The number of amides is 2. The molecule has 1 aromatic carbocycles. The Labute approximate surface area is 235 Å². The molecule has 0 saturated heterocycles. The van der Waals surface area contributed by atoms with Crippen LogP contribution < -0.4 is 11.2 Å². The lowest BCUT2D eigenvalue weighted by Crippen LogP contribution is -2.43. The Morgan fingerprint density at radius 1 is 1.22 bits per heavy atom. The molecule has 2 heterocycles. The van der Waals surface area contributed by atoms with Crippen molar-refractivity contribution in [1.82, 2.24) is 20.3 Å². The fourth-order valence-electron chi connectivity index (χ4n) is 5.65. The van der Waals surface area contributed by atoms with E-state index in [9.17, 15) is 22.8 Å². The van der Waals surface area contributed by atoms with E-state index in [0.29, 0.717) is 37.1 Å². The summed E-state index contributed by atoms with van der Waals surface area (Å²) in [6.07, 6.45) is 2.11. The summed E-state index contributed by atoms with van der Waals surface area (Å²) in [7, 11) is 0. The highest BCUT2D eigenvalue weighted by Gasteiger charge is 2.54. The van der Waals surface area contributed by atoms with E-state index in [2.05, 4.69) is 20.5 Å². The predicted molar refractivity (Wildman–Crippen MR) is 147 cm³/mol. The molecule has 0 bridgehead atoms. The molecule has 1 saturated carbocycles. The second-order valence-corrected chi connectivity index (χ2v) is 10.5. The minimum atomic E-state index is -4.50. The molecule has 214 valence electrons. The number of carbonyl (C=O) groups excluding carboxylic acids is 2. The number of hydrogen-bond acceptors (Lipinski definition) is 6. The van der Waals surface area contributed by atoms with Gasteiger partial charge in [0.1, 0.15) is 0 Å². The number of nitrogens with zero attached hydrogens (tertiary/aromatic N) is 4. The summed E-state index contributed by atoms with van der Waals surface area (Å²) < 4.78 is 39.5. The van der Waals surface area contributed by atoms with Crippen LogP contribution in [-0.4, -0.2) is 39.4 Å². The Morgan fingerprint density at radius 3 is 2.68 bits per heavy atom. The Hall–Kier alpha value is -4.12. The van der Waals surface area contributed by atoms with Crippen molar-refractivity contribution in [3.05, 3.63) is 94.1 Å². The number of aryl methyl sites for hydroxylation is 2. The van der Waals surface area contributed by atoms with Crippen molar-refractivity contribution in [1.29, 1.82) is 0 Å². The third kappa shape index (κ3) is 5.72. The van der Waals surface area contributed by atoms with Crippen LogP contribution in [0.3, 0.4) is 0 Å². The van der Waals surface area contributed by atoms with Gasteiger partial charge in [-0.2, -0.15) is 18.3 Å². The highest BCUT2D eigenvalue weighted by molar-refractivity contribution is 6.04. The van der Waals surface area contributed by atoms with E-state index in [-0.39, 0.29) is 25.0 Å². The van der Waals surface area contributed by atoms with Gasteiger partial charge in [0.2, 0.25) is 12.3 Å². The number of fused-ring (bicyclic) bond motifs is 1. The van der Waals surface area contributed by atoms with Crippen molar-refractivity contribution >= 4 is 18.0 Å². The third-order valence-electron chi connectivity index (χ3n) is 7.99. The molecule has 0 radical (unpaired) electrons. The smallest absolute Gasteiger partial charge is 0.327 e. The van der Waals surface area contributed by atoms with Crippen molar-refractivity contribution < 1.29 is 22.8 Å². The highest BCUT2D eigenvalue weighted by atomic mass is 19.4. The Kier molecular flexibility index (Phi) is 7.90. The fraction of sp³-hybridized carbons (Fsp3) is 0.367. The van der Waals surface area contributed by atoms with Crippen LogP contribution in [0.2, 0.25) is 0 Å². The topological polar surface area (TPSA) is 114 Å². The van der Waals surface area contributed by atoms with Gasteiger partial charge in [-0.3, -0.25) is 19.6 Å². The molecular weight excluding hydrogens is 533 g/mol. The van der Waals surface area contributed by atoms with Crippen LogP contribution in [0.1, 0.15) is 70.9 Å². The number of nitrogens with two attached hydrogens (primary N) is 1. The molecule has 2 aromatic heterocycles. The molecule has 1 fully saturated rings. The summed E-state index contributed by atoms with van der Waals surface area (Å²) in [5.41, 5.74) is 11.7. The van der Waals surface area contributed by atoms with Gasteiger partial charge < -0.3 is 10.6 Å². The minimum absolute atomic E-state index is 0.0525. The molecule has 2 aliphatic carbocycles. The number of hydrogen-bond donors (Lipinski definition) is 2. The Balaban J connectivity index is 1.54. The van der Waals surface area contributed by atoms with Gasteiger partial charge in [-0.05, 0) is 80.0 Å². The maximum absolute atomic E-state index is 14.6. The lowest BCUT2D eigenvalue weighted by molar-refractivity contribution is -0.139. The van der Waals surface area contributed by atoms with Gasteiger partial charge >= 0.3 is 6.18 Å². The zero-order chi connectivity index (χ0) is 29.2. The first-order valence-corrected chi connectivity index (χ1v) is 13.5. The maximum atomic E-state index is 14.6. The molecule has 11 heteroatoms. The second-order valence-electron chi connectivity index (χ2n) is 10.5. The molecule has 0 spiro atoms. The van der Waals surface area contributed by atoms with Crippen molar-refractivity contribution in [2.75, 3.05) is 6.54 Å². The molecule has 2 aliphatic rings. The number of carbonyl (C=O) groups is 2. The Bertz CT molecular complexity index is 1470. The summed E-state index contributed by atoms with van der Waals surface area (Å²) in [6.45, 7) is 2.04. The van der Waals surface area contributed by atoms with Crippen LogP contribution in [0.15, 0.2) is 60.0 Å². The maximum Gasteiger partial charge on any atom is 0.417 e. The van der Waals surface area contributed by atoms with Crippen LogP contribution >= 0.6 is 0 Å². The monoisotopic (exact) mass is 564 g/mol. The van der Waals surface area contributed by atoms with E-state index in [4.69, 9.17) is 5.73 Å². The van der Waals surface area contributed by atoms with Gasteiger partial charge in [-0.15, -0.1) is 0 Å². The predicted octanol–water partition coefficient (Wildman–Crippen LogP) is 4.35.